The van der Waals surface area contributed by atoms with Gasteiger partial charge in [0.25, 0.3) is 5.56 Å². The van der Waals surface area contributed by atoms with Crippen molar-refractivity contribution >= 4 is 11.6 Å². The first-order chi connectivity index (χ1) is 13.2. The first-order valence-electron chi connectivity index (χ1n) is 8.44. The van der Waals surface area contributed by atoms with Crippen LogP contribution in [0.15, 0.2) is 71.7 Å². The smallest absolute Gasteiger partial charge is 0.250 e. The summed E-state index contributed by atoms with van der Waals surface area (Å²) >= 11 is 5.93. The molecule has 6 nitrogen and oxygen atoms in total. The topological polar surface area (TPSA) is 76.5 Å². The Morgan fingerprint density at radius 1 is 0.889 bits per heavy atom. The van der Waals surface area contributed by atoms with Gasteiger partial charge in [-0.2, -0.15) is 5.21 Å². The SMILES string of the molecule is O=c1ccc(-c2ccc(Cc3nn[nH]n3)cc2)cn1Cc1ccc(Cl)cc1. The fraction of sp³-hybridized carbons (Fsp3) is 0.100. The van der Waals surface area contributed by atoms with E-state index in [-0.39, 0.29) is 5.56 Å². The maximum atomic E-state index is 12.2. The van der Waals surface area contributed by atoms with Crippen LogP contribution in [0.2, 0.25) is 5.02 Å². The van der Waals surface area contributed by atoms with Crippen LogP contribution in [0.5, 0.6) is 0 Å². The van der Waals surface area contributed by atoms with Gasteiger partial charge >= 0.3 is 0 Å². The van der Waals surface area contributed by atoms with Gasteiger partial charge < -0.3 is 4.57 Å². The molecule has 7 heteroatoms. The maximum Gasteiger partial charge on any atom is 0.250 e. The number of pyridine rings is 1. The molecule has 0 radical (unpaired) electrons. The zero-order chi connectivity index (χ0) is 18.6. The van der Waals surface area contributed by atoms with Crippen molar-refractivity contribution in [1.82, 2.24) is 25.2 Å². The minimum atomic E-state index is -0.0394. The number of aromatic nitrogens is 5. The Kier molecular flexibility index (Phi) is 4.80. The Hall–Kier alpha value is -3.25. The van der Waals surface area contributed by atoms with Gasteiger partial charge in [0.1, 0.15) is 0 Å². The molecule has 0 aliphatic heterocycles. The van der Waals surface area contributed by atoms with E-state index < -0.39 is 0 Å². The number of benzene rings is 2. The molecule has 0 bridgehead atoms. The molecule has 0 saturated carbocycles. The quantitative estimate of drug-likeness (QED) is 0.578. The highest BCUT2D eigenvalue weighted by Crippen LogP contribution is 2.20. The fourth-order valence-electron chi connectivity index (χ4n) is 2.87. The first kappa shape index (κ1) is 17.2. The van der Waals surface area contributed by atoms with E-state index in [0.29, 0.717) is 23.8 Å². The van der Waals surface area contributed by atoms with Crippen LogP contribution in [0, 0.1) is 0 Å². The lowest BCUT2D eigenvalue weighted by atomic mass is 10.0. The van der Waals surface area contributed by atoms with Crippen LogP contribution in [0.3, 0.4) is 0 Å². The van der Waals surface area contributed by atoms with E-state index in [4.69, 9.17) is 11.6 Å². The summed E-state index contributed by atoms with van der Waals surface area (Å²) in [5, 5.41) is 14.6. The summed E-state index contributed by atoms with van der Waals surface area (Å²) in [5.41, 5.74) is 4.09. The van der Waals surface area contributed by atoms with Gasteiger partial charge in [-0.3, -0.25) is 4.79 Å². The van der Waals surface area contributed by atoms with Crippen molar-refractivity contribution in [3.05, 3.63) is 99.2 Å². The Labute approximate surface area is 160 Å². The summed E-state index contributed by atoms with van der Waals surface area (Å²) in [7, 11) is 0. The minimum absolute atomic E-state index is 0.0394. The largest absolute Gasteiger partial charge is 0.310 e. The van der Waals surface area contributed by atoms with Gasteiger partial charge in [-0.25, -0.2) is 0 Å². The third kappa shape index (κ3) is 4.12. The molecule has 2 heterocycles. The van der Waals surface area contributed by atoms with Crippen molar-refractivity contribution in [3.63, 3.8) is 0 Å². The molecular formula is C20H16ClN5O. The van der Waals surface area contributed by atoms with Crippen LogP contribution in [0.25, 0.3) is 11.1 Å². The first-order valence-corrected chi connectivity index (χ1v) is 8.82. The van der Waals surface area contributed by atoms with Gasteiger partial charge in [-0.1, -0.05) is 53.2 Å². The summed E-state index contributed by atoms with van der Waals surface area (Å²) in [6.45, 7) is 0.500. The lowest BCUT2D eigenvalue weighted by molar-refractivity contribution is 0.761. The van der Waals surface area contributed by atoms with Crippen molar-refractivity contribution in [2.45, 2.75) is 13.0 Å². The Morgan fingerprint density at radius 2 is 1.59 bits per heavy atom. The molecule has 4 aromatic rings. The lowest BCUT2D eigenvalue weighted by Crippen LogP contribution is -2.19. The number of nitrogens with zero attached hydrogens (tertiary/aromatic N) is 4. The second kappa shape index (κ2) is 7.55. The zero-order valence-corrected chi connectivity index (χ0v) is 15.1. The Balaban J connectivity index is 1.56. The summed E-state index contributed by atoms with van der Waals surface area (Å²) in [5.74, 6) is 0.652. The highest BCUT2D eigenvalue weighted by Gasteiger charge is 2.05. The second-order valence-electron chi connectivity index (χ2n) is 6.21. The normalized spacial score (nSPS) is 10.9. The molecule has 0 amide bonds. The van der Waals surface area contributed by atoms with E-state index in [2.05, 4.69) is 20.6 Å². The highest BCUT2D eigenvalue weighted by molar-refractivity contribution is 6.30. The zero-order valence-electron chi connectivity index (χ0n) is 14.3. The summed E-state index contributed by atoms with van der Waals surface area (Å²) < 4.78 is 1.70. The fourth-order valence-corrected chi connectivity index (χ4v) is 2.99. The van der Waals surface area contributed by atoms with E-state index in [1.165, 1.54) is 0 Å². The summed E-state index contributed by atoms with van der Waals surface area (Å²) in [6.07, 6.45) is 2.50. The lowest BCUT2D eigenvalue weighted by Gasteiger charge is -2.09. The predicted molar refractivity (Wildman–Crippen MR) is 104 cm³/mol. The third-order valence-corrected chi connectivity index (χ3v) is 4.54. The van der Waals surface area contributed by atoms with Crippen molar-refractivity contribution in [2.24, 2.45) is 0 Å². The molecule has 0 aliphatic carbocycles. The van der Waals surface area contributed by atoms with E-state index in [0.717, 1.165) is 22.3 Å². The molecule has 0 saturated heterocycles. The minimum Gasteiger partial charge on any atom is -0.310 e. The number of nitrogens with one attached hydrogen (secondary N) is 1. The van der Waals surface area contributed by atoms with Gasteiger partial charge in [-0.05, 0) is 40.5 Å². The van der Waals surface area contributed by atoms with Gasteiger partial charge in [0.05, 0.1) is 6.54 Å². The summed E-state index contributed by atoms with van der Waals surface area (Å²) in [4.78, 5) is 12.2. The van der Waals surface area contributed by atoms with Crippen molar-refractivity contribution < 1.29 is 0 Å². The molecule has 0 spiro atoms. The van der Waals surface area contributed by atoms with Gasteiger partial charge in [0.15, 0.2) is 5.82 Å². The second-order valence-corrected chi connectivity index (χ2v) is 6.65. The average Bonchev–Trinajstić information content (AvgIpc) is 3.19. The number of rotatable bonds is 5. The number of tetrazole rings is 1. The number of hydrogen-bond acceptors (Lipinski definition) is 4. The number of H-pyrrole nitrogens is 1. The average molecular weight is 378 g/mol. The van der Waals surface area contributed by atoms with Crippen LogP contribution in [0.1, 0.15) is 17.0 Å². The van der Waals surface area contributed by atoms with Gasteiger partial charge in [0, 0.05) is 23.7 Å². The Morgan fingerprint density at radius 3 is 2.30 bits per heavy atom. The van der Waals surface area contributed by atoms with Gasteiger partial charge in [0.2, 0.25) is 0 Å². The van der Waals surface area contributed by atoms with Crippen molar-refractivity contribution in [1.29, 1.82) is 0 Å². The van der Waals surface area contributed by atoms with E-state index in [1.54, 1.807) is 10.6 Å². The van der Waals surface area contributed by atoms with Crippen LogP contribution < -0.4 is 5.56 Å². The van der Waals surface area contributed by atoms with E-state index in [9.17, 15) is 4.79 Å². The van der Waals surface area contributed by atoms with Crippen LogP contribution in [0.4, 0.5) is 0 Å². The predicted octanol–water partition coefficient (Wildman–Crippen LogP) is 3.32. The highest BCUT2D eigenvalue weighted by atomic mass is 35.5. The molecule has 0 fully saturated rings. The molecule has 4 rings (SSSR count). The van der Waals surface area contributed by atoms with Crippen molar-refractivity contribution in [2.75, 3.05) is 0 Å². The van der Waals surface area contributed by atoms with Crippen LogP contribution >= 0.6 is 11.6 Å². The summed E-state index contributed by atoms with van der Waals surface area (Å²) in [6, 6.07) is 19.1. The third-order valence-electron chi connectivity index (χ3n) is 4.29. The van der Waals surface area contributed by atoms with E-state index >= 15 is 0 Å². The molecule has 0 unspecified atom stereocenters. The van der Waals surface area contributed by atoms with Crippen LogP contribution in [-0.4, -0.2) is 25.2 Å². The number of aromatic amines is 1. The van der Waals surface area contributed by atoms with Crippen LogP contribution in [-0.2, 0) is 13.0 Å². The van der Waals surface area contributed by atoms with Crippen molar-refractivity contribution in [3.8, 4) is 11.1 Å². The maximum absolute atomic E-state index is 12.2. The van der Waals surface area contributed by atoms with E-state index in [1.807, 2.05) is 60.8 Å². The molecular weight excluding hydrogens is 362 g/mol. The number of halogens is 1. The molecule has 0 aliphatic rings. The number of hydrogen-bond donors (Lipinski definition) is 1. The standard InChI is InChI=1S/C20H16ClN5O/c21-18-8-3-15(4-9-18)12-26-13-17(7-10-20(26)27)16-5-1-14(2-6-16)11-19-22-24-25-23-19/h1-10,13H,11-12H2,(H,22,23,24,25). The molecule has 2 aromatic heterocycles. The van der Waals surface area contributed by atoms with Gasteiger partial charge in [-0.15, -0.1) is 10.2 Å². The molecule has 1 N–H and O–H groups in total. The Bertz CT molecular complexity index is 1090. The monoisotopic (exact) mass is 377 g/mol. The molecule has 27 heavy (non-hydrogen) atoms. The molecule has 2 aromatic carbocycles. The molecule has 134 valence electrons. The molecule has 0 atom stereocenters.